The van der Waals surface area contributed by atoms with Crippen LogP contribution in [0.5, 0.6) is 0 Å². The van der Waals surface area contributed by atoms with Gasteiger partial charge >= 0.3 is 5.97 Å². The van der Waals surface area contributed by atoms with Crippen LogP contribution in [0.25, 0.3) is 0 Å². The summed E-state index contributed by atoms with van der Waals surface area (Å²) >= 11 is 0. The van der Waals surface area contributed by atoms with Crippen LogP contribution in [0.3, 0.4) is 0 Å². The van der Waals surface area contributed by atoms with Crippen molar-refractivity contribution in [3.8, 4) is 0 Å². The summed E-state index contributed by atoms with van der Waals surface area (Å²) in [6, 6.07) is -0.435. The summed E-state index contributed by atoms with van der Waals surface area (Å²) in [5, 5.41) is 2.72. The van der Waals surface area contributed by atoms with E-state index in [0.717, 1.165) is 6.54 Å². The highest BCUT2D eigenvalue weighted by molar-refractivity contribution is 5.87. The fraction of sp³-hybridized carbons (Fsp3) is 0.778. The standard InChI is InChI=1S/C9H17N3O3/c1-15-8(13)6-7-9(14)11-3-5-12(7)4-2-10/h7H,2-6,10H2,1H3,(H,11,14)/t7-/m0/s1. The first-order valence-corrected chi connectivity index (χ1v) is 4.97. The van der Waals surface area contributed by atoms with Crippen molar-refractivity contribution in [1.29, 1.82) is 0 Å². The highest BCUT2D eigenvalue weighted by Crippen LogP contribution is 2.08. The average molecular weight is 215 g/mol. The number of amides is 1. The number of esters is 1. The smallest absolute Gasteiger partial charge is 0.307 e. The van der Waals surface area contributed by atoms with E-state index in [2.05, 4.69) is 10.1 Å². The monoisotopic (exact) mass is 215 g/mol. The molecule has 1 aliphatic rings. The van der Waals surface area contributed by atoms with Crippen molar-refractivity contribution in [3.05, 3.63) is 0 Å². The molecule has 1 fully saturated rings. The third-order valence-corrected chi connectivity index (χ3v) is 2.45. The molecule has 6 nitrogen and oxygen atoms in total. The maximum atomic E-state index is 11.5. The second kappa shape index (κ2) is 5.67. The van der Waals surface area contributed by atoms with Crippen molar-refractivity contribution in [1.82, 2.24) is 10.2 Å². The first-order chi connectivity index (χ1) is 7.19. The van der Waals surface area contributed by atoms with Gasteiger partial charge in [0.25, 0.3) is 0 Å². The zero-order valence-electron chi connectivity index (χ0n) is 8.86. The number of hydrogen-bond acceptors (Lipinski definition) is 5. The van der Waals surface area contributed by atoms with Crippen LogP contribution in [-0.4, -0.2) is 56.1 Å². The second-order valence-electron chi connectivity index (χ2n) is 3.41. The van der Waals surface area contributed by atoms with E-state index in [-0.39, 0.29) is 18.3 Å². The Balaban J connectivity index is 2.59. The maximum absolute atomic E-state index is 11.5. The van der Waals surface area contributed by atoms with Gasteiger partial charge in [-0.1, -0.05) is 0 Å². The molecule has 1 saturated heterocycles. The quantitative estimate of drug-likeness (QED) is 0.546. The molecule has 3 N–H and O–H groups in total. The molecule has 1 rings (SSSR count). The van der Waals surface area contributed by atoms with Crippen LogP contribution in [0.2, 0.25) is 0 Å². The van der Waals surface area contributed by atoms with Crippen molar-refractivity contribution in [2.45, 2.75) is 12.5 Å². The number of carbonyl (C=O) groups is 2. The largest absolute Gasteiger partial charge is 0.469 e. The Bertz CT molecular complexity index is 243. The van der Waals surface area contributed by atoms with Gasteiger partial charge in [-0.15, -0.1) is 0 Å². The number of piperazine rings is 1. The average Bonchev–Trinajstić information content (AvgIpc) is 2.23. The highest BCUT2D eigenvalue weighted by Gasteiger charge is 2.31. The topological polar surface area (TPSA) is 84.7 Å². The second-order valence-corrected chi connectivity index (χ2v) is 3.41. The molecule has 0 aromatic carbocycles. The van der Waals surface area contributed by atoms with Crippen LogP contribution in [0.4, 0.5) is 0 Å². The summed E-state index contributed by atoms with van der Waals surface area (Å²) in [7, 11) is 1.32. The molecule has 1 heterocycles. The first kappa shape index (κ1) is 11.9. The van der Waals surface area contributed by atoms with E-state index < -0.39 is 6.04 Å². The number of rotatable bonds is 4. The molecule has 0 aliphatic carbocycles. The minimum atomic E-state index is -0.435. The summed E-state index contributed by atoms with van der Waals surface area (Å²) in [6.45, 7) is 2.43. The minimum absolute atomic E-state index is 0.0856. The van der Waals surface area contributed by atoms with Crippen molar-refractivity contribution in [3.63, 3.8) is 0 Å². The van der Waals surface area contributed by atoms with E-state index in [0.29, 0.717) is 19.6 Å². The van der Waals surface area contributed by atoms with Crippen LogP contribution in [0.1, 0.15) is 6.42 Å². The number of methoxy groups -OCH3 is 1. The fourth-order valence-corrected chi connectivity index (χ4v) is 1.66. The Morgan fingerprint density at radius 1 is 1.73 bits per heavy atom. The Labute approximate surface area is 88.7 Å². The Kier molecular flexibility index (Phi) is 4.51. The van der Waals surface area contributed by atoms with Crippen molar-refractivity contribution in [2.75, 3.05) is 33.3 Å². The molecule has 1 amide bonds. The van der Waals surface area contributed by atoms with Gasteiger partial charge in [0.2, 0.25) is 5.91 Å². The summed E-state index contributed by atoms with van der Waals surface area (Å²) < 4.78 is 4.55. The Morgan fingerprint density at radius 3 is 3.07 bits per heavy atom. The van der Waals surface area contributed by atoms with E-state index in [1.54, 1.807) is 0 Å². The zero-order chi connectivity index (χ0) is 11.3. The van der Waals surface area contributed by atoms with Gasteiger partial charge in [0.05, 0.1) is 19.6 Å². The molecule has 1 atom stereocenters. The van der Waals surface area contributed by atoms with Crippen LogP contribution in [0.15, 0.2) is 0 Å². The third-order valence-electron chi connectivity index (χ3n) is 2.45. The molecule has 0 aromatic heterocycles. The molecular weight excluding hydrogens is 198 g/mol. The number of nitrogens with one attached hydrogen (secondary N) is 1. The number of hydrogen-bond donors (Lipinski definition) is 2. The van der Waals surface area contributed by atoms with E-state index in [1.165, 1.54) is 7.11 Å². The van der Waals surface area contributed by atoms with Crippen LogP contribution in [0, 0.1) is 0 Å². The van der Waals surface area contributed by atoms with Crippen molar-refractivity contribution < 1.29 is 14.3 Å². The summed E-state index contributed by atoms with van der Waals surface area (Å²) in [6.07, 6.45) is 0.0856. The minimum Gasteiger partial charge on any atom is -0.469 e. The van der Waals surface area contributed by atoms with E-state index in [9.17, 15) is 9.59 Å². The lowest BCUT2D eigenvalue weighted by molar-refractivity contribution is -0.145. The molecule has 86 valence electrons. The van der Waals surface area contributed by atoms with Gasteiger partial charge in [-0.2, -0.15) is 0 Å². The first-order valence-electron chi connectivity index (χ1n) is 4.97. The summed E-state index contributed by atoms with van der Waals surface area (Å²) in [5.41, 5.74) is 5.44. The molecular formula is C9H17N3O3. The zero-order valence-corrected chi connectivity index (χ0v) is 8.86. The molecule has 0 saturated carbocycles. The number of ether oxygens (including phenoxy) is 1. The lowest BCUT2D eigenvalue weighted by atomic mass is 10.1. The van der Waals surface area contributed by atoms with Crippen molar-refractivity contribution >= 4 is 11.9 Å². The van der Waals surface area contributed by atoms with E-state index >= 15 is 0 Å². The molecule has 0 radical (unpaired) electrons. The van der Waals surface area contributed by atoms with Gasteiger partial charge in [-0.05, 0) is 0 Å². The Hall–Kier alpha value is -1.14. The normalized spacial score (nSPS) is 22.3. The van der Waals surface area contributed by atoms with Gasteiger partial charge in [-0.3, -0.25) is 14.5 Å². The summed E-state index contributed by atoms with van der Waals surface area (Å²) in [4.78, 5) is 24.6. The van der Waals surface area contributed by atoms with Gasteiger partial charge < -0.3 is 15.8 Å². The number of carbonyl (C=O) groups excluding carboxylic acids is 2. The maximum Gasteiger partial charge on any atom is 0.307 e. The van der Waals surface area contributed by atoms with Crippen LogP contribution in [-0.2, 0) is 14.3 Å². The lowest BCUT2D eigenvalue weighted by Gasteiger charge is -2.33. The predicted octanol–water partition coefficient (Wildman–Crippen LogP) is -1.69. The van der Waals surface area contributed by atoms with Crippen molar-refractivity contribution in [2.24, 2.45) is 5.73 Å². The van der Waals surface area contributed by atoms with Gasteiger partial charge in [0, 0.05) is 26.2 Å². The van der Waals surface area contributed by atoms with E-state index in [1.807, 2.05) is 4.90 Å². The van der Waals surface area contributed by atoms with Crippen LogP contribution >= 0.6 is 0 Å². The predicted molar refractivity (Wildman–Crippen MR) is 54.1 cm³/mol. The van der Waals surface area contributed by atoms with Gasteiger partial charge in [0.1, 0.15) is 0 Å². The van der Waals surface area contributed by atoms with Gasteiger partial charge in [0.15, 0.2) is 0 Å². The van der Waals surface area contributed by atoms with Gasteiger partial charge in [-0.25, -0.2) is 0 Å². The highest BCUT2D eigenvalue weighted by atomic mass is 16.5. The molecule has 6 heteroatoms. The Morgan fingerprint density at radius 2 is 2.47 bits per heavy atom. The molecule has 1 aliphatic heterocycles. The SMILES string of the molecule is COC(=O)C[C@H]1C(=O)NCCN1CCN. The van der Waals surface area contributed by atoms with E-state index in [4.69, 9.17) is 5.73 Å². The third kappa shape index (κ3) is 3.17. The number of nitrogens with zero attached hydrogens (tertiary/aromatic N) is 1. The molecule has 0 aromatic rings. The van der Waals surface area contributed by atoms with Crippen LogP contribution < -0.4 is 11.1 Å². The molecule has 0 spiro atoms. The molecule has 0 bridgehead atoms. The fourth-order valence-electron chi connectivity index (χ4n) is 1.66. The molecule has 0 unspecified atom stereocenters. The summed E-state index contributed by atoms with van der Waals surface area (Å²) in [5.74, 6) is -0.501. The molecule has 15 heavy (non-hydrogen) atoms. The lowest BCUT2D eigenvalue weighted by Crippen LogP contribution is -2.56. The number of nitrogens with two attached hydrogens (primary N) is 1.